The highest BCUT2D eigenvalue weighted by molar-refractivity contribution is 6.51. The van der Waals surface area contributed by atoms with Gasteiger partial charge in [-0.1, -0.05) is 19.8 Å². The van der Waals surface area contributed by atoms with Gasteiger partial charge in [0.05, 0.1) is 0 Å². The maximum Gasteiger partial charge on any atom is 0.802 e. The van der Waals surface area contributed by atoms with E-state index in [1.165, 1.54) is 0 Å². The van der Waals surface area contributed by atoms with Gasteiger partial charge in [-0.2, -0.15) is 0 Å². The number of hydrogen-bond acceptors (Lipinski definition) is 1. The highest BCUT2D eigenvalue weighted by Gasteiger charge is 2.41. The Kier molecular flexibility index (Phi) is 4.72. The Morgan fingerprint density at radius 3 is 2.20 bits per heavy atom. The molecule has 0 aromatic carbocycles. The van der Waals surface area contributed by atoms with Crippen LogP contribution in [-0.2, 0) is 4.43 Å². The minimum atomic E-state index is -5.71. The average Bonchev–Trinajstić information content (AvgIpc) is 1.78. The Morgan fingerprint density at radius 1 is 1.20 bits per heavy atom. The molecular weight excluding hydrogens is 161 g/mol. The standard InChI is InChI=1S/C5H11F3OSi/c1-2-3-4-5-9-10(6,7)8/h2-5H2,1H3. The highest BCUT2D eigenvalue weighted by Crippen LogP contribution is 2.10. The first-order valence-corrected chi connectivity index (χ1v) is 4.81. The minimum Gasteiger partial charge on any atom is -0.342 e. The lowest BCUT2D eigenvalue weighted by Crippen LogP contribution is -2.21. The summed E-state index contributed by atoms with van der Waals surface area (Å²) in [4.78, 5) is 0. The number of unbranched alkanes of at least 4 members (excludes halogenated alkanes) is 2. The van der Waals surface area contributed by atoms with Gasteiger partial charge in [-0.3, -0.25) is 0 Å². The predicted octanol–water partition coefficient (Wildman–Crippen LogP) is 2.54. The lowest BCUT2D eigenvalue weighted by atomic mass is 10.3. The zero-order valence-corrected chi connectivity index (χ0v) is 6.87. The van der Waals surface area contributed by atoms with Crippen LogP contribution in [0, 0.1) is 0 Å². The van der Waals surface area contributed by atoms with Crippen molar-refractivity contribution >= 4 is 9.32 Å². The summed E-state index contributed by atoms with van der Waals surface area (Å²) >= 11 is 0. The summed E-state index contributed by atoms with van der Waals surface area (Å²) in [5.74, 6) is 0. The van der Waals surface area contributed by atoms with Crippen molar-refractivity contribution in [2.45, 2.75) is 26.2 Å². The van der Waals surface area contributed by atoms with E-state index < -0.39 is 9.32 Å². The second-order valence-corrected chi connectivity index (χ2v) is 3.18. The van der Waals surface area contributed by atoms with E-state index in [-0.39, 0.29) is 6.61 Å². The minimum absolute atomic E-state index is 0.149. The molecule has 0 saturated heterocycles. The van der Waals surface area contributed by atoms with Crippen molar-refractivity contribution in [1.82, 2.24) is 0 Å². The van der Waals surface area contributed by atoms with Crippen LogP contribution in [0.2, 0.25) is 0 Å². The Labute approximate surface area is 59.8 Å². The molecule has 0 atom stereocenters. The van der Waals surface area contributed by atoms with Gasteiger partial charge in [-0.15, -0.1) is 0 Å². The Bertz CT molecular complexity index is 83.5. The molecule has 0 rings (SSSR count). The quantitative estimate of drug-likeness (QED) is 0.352. The Hall–Kier alpha value is -0.0331. The van der Waals surface area contributed by atoms with Crippen molar-refractivity contribution in [2.24, 2.45) is 0 Å². The molecule has 0 fully saturated rings. The van der Waals surface area contributed by atoms with E-state index in [0.717, 1.165) is 12.8 Å². The van der Waals surface area contributed by atoms with E-state index in [1.54, 1.807) is 0 Å². The fourth-order valence-corrected chi connectivity index (χ4v) is 0.916. The molecule has 0 aliphatic carbocycles. The van der Waals surface area contributed by atoms with Crippen LogP contribution in [0.5, 0.6) is 0 Å². The van der Waals surface area contributed by atoms with Crippen LogP contribution < -0.4 is 0 Å². The van der Waals surface area contributed by atoms with Gasteiger partial charge in [0.15, 0.2) is 0 Å². The third-order valence-corrected chi connectivity index (χ3v) is 1.55. The van der Waals surface area contributed by atoms with E-state index in [4.69, 9.17) is 0 Å². The summed E-state index contributed by atoms with van der Waals surface area (Å²) in [5, 5.41) is 0. The molecule has 0 aromatic rings. The third-order valence-electron chi connectivity index (χ3n) is 1.01. The summed E-state index contributed by atoms with van der Waals surface area (Å²) in [6.45, 7) is 1.79. The topological polar surface area (TPSA) is 9.23 Å². The molecule has 1 nitrogen and oxygen atoms in total. The Morgan fingerprint density at radius 2 is 1.80 bits per heavy atom. The van der Waals surface area contributed by atoms with E-state index in [9.17, 15) is 12.3 Å². The molecule has 0 amide bonds. The van der Waals surface area contributed by atoms with Gasteiger partial charge in [0.1, 0.15) is 0 Å². The van der Waals surface area contributed by atoms with Crippen molar-refractivity contribution < 1.29 is 16.7 Å². The molecule has 5 heteroatoms. The molecule has 0 unspecified atom stereocenters. The number of rotatable bonds is 5. The van der Waals surface area contributed by atoms with Crippen LogP contribution in [0.3, 0.4) is 0 Å². The molecule has 0 aromatic heterocycles. The van der Waals surface area contributed by atoms with Gasteiger partial charge in [0.25, 0.3) is 0 Å². The summed E-state index contributed by atoms with van der Waals surface area (Å²) in [6.07, 6.45) is 2.25. The molecule has 0 aliphatic heterocycles. The van der Waals surface area contributed by atoms with Crippen LogP contribution in [-0.4, -0.2) is 15.9 Å². The second kappa shape index (κ2) is 4.73. The Balaban J connectivity index is 3.04. The van der Waals surface area contributed by atoms with Gasteiger partial charge in [-0.25, -0.2) is 12.3 Å². The molecule has 0 saturated carbocycles. The predicted molar refractivity (Wildman–Crippen MR) is 34.6 cm³/mol. The molecule has 10 heavy (non-hydrogen) atoms. The van der Waals surface area contributed by atoms with Gasteiger partial charge in [-0.05, 0) is 6.42 Å². The molecule has 0 bridgehead atoms. The van der Waals surface area contributed by atoms with Crippen molar-refractivity contribution in [2.75, 3.05) is 6.61 Å². The van der Waals surface area contributed by atoms with Crippen LogP contribution in [0.15, 0.2) is 0 Å². The number of hydrogen-bond donors (Lipinski definition) is 0. The first-order chi connectivity index (χ1) is 4.56. The molecule has 0 heterocycles. The van der Waals surface area contributed by atoms with Gasteiger partial charge in [0, 0.05) is 6.61 Å². The summed E-state index contributed by atoms with van der Waals surface area (Å²) in [5.41, 5.74) is 0. The smallest absolute Gasteiger partial charge is 0.342 e. The first-order valence-electron chi connectivity index (χ1n) is 3.27. The second-order valence-electron chi connectivity index (χ2n) is 2.00. The monoisotopic (exact) mass is 172 g/mol. The van der Waals surface area contributed by atoms with E-state index in [0.29, 0.717) is 6.42 Å². The lowest BCUT2D eigenvalue weighted by Gasteiger charge is -2.02. The highest BCUT2D eigenvalue weighted by atomic mass is 28.5. The zero-order valence-electron chi connectivity index (χ0n) is 5.87. The normalized spacial score (nSPS) is 12.0. The van der Waals surface area contributed by atoms with Crippen LogP contribution >= 0.6 is 0 Å². The molecule has 0 spiro atoms. The first kappa shape index (κ1) is 9.97. The van der Waals surface area contributed by atoms with Crippen LogP contribution in [0.4, 0.5) is 12.3 Å². The lowest BCUT2D eigenvalue weighted by molar-refractivity contribution is 0.172. The fourth-order valence-electron chi connectivity index (χ4n) is 0.540. The van der Waals surface area contributed by atoms with Gasteiger partial charge >= 0.3 is 9.32 Å². The molecule has 0 aliphatic rings. The maximum atomic E-state index is 11.4. The summed E-state index contributed by atoms with van der Waals surface area (Å²) in [6, 6.07) is 0. The summed E-state index contributed by atoms with van der Waals surface area (Å²) < 4.78 is 37.9. The van der Waals surface area contributed by atoms with E-state index in [1.807, 2.05) is 6.92 Å². The van der Waals surface area contributed by atoms with Gasteiger partial charge < -0.3 is 4.43 Å². The van der Waals surface area contributed by atoms with E-state index >= 15 is 0 Å². The van der Waals surface area contributed by atoms with Crippen LogP contribution in [0.25, 0.3) is 0 Å². The van der Waals surface area contributed by atoms with E-state index in [2.05, 4.69) is 4.43 Å². The number of halogens is 3. The largest absolute Gasteiger partial charge is 0.802 e. The molecule has 0 radical (unpaired) electrons. The molecule has 62 valence electrons. The molecule has 0 N–H and O–H groups in total. The van der Waals surface area contributed by atoms with Gasteiger partial charge in [0.2, 0.25) is 0 Å². The van der Waals surface area contributed by atoms with Crippen molar-refractivity contribution in [3.05, 3.63) is 0 Å². The van der Waals surface area contributed by atoms with Crippen molar-refractivity contribution in [3.63, 3.8) is 0 Å². The fraction of sp³-hybridized carbons (Fsp3) is 1.00. The zero-order chi connectivity index (χ0) is 8.04. The third kappa shape index (κ3) is 7.97. The molecular formula is C5H11F3OSi. The van der Waals surface area contributed by atoms with Crippen molar-refractivity contribution in [1.29, 1.82) is 0 Å². The van der Waals surface area contributed by atoms with Crippen LogP contribution in [0.1, 0.15) is 26.2 Å². The maximum absolute atomic E-state index is 11.4. The SMILES string of the molecule is CCCCCO[Si](F)(F)F. The summed E-state index contributed by atoms with van der Waals surface area (Å²) in [7, 11) is -5.71. The van der Waals surface area contributed by atoms with Crippen molar-refractivity contribution in [3.8, 4) is 0 Å². The average molecular weight is 172 g/mol.